The quantitative estimate of drug-likeness (QED) is 0.453. The summed E-state index contributed by atoms with van der Waals surface area (Å²) < 4.78 is 0. The van der Waals surface area contributed by atoms with Crippen molar-refractivity contribution >= 4 is 18.3 Å². The third kappa shape index (κ3) is 1.99. The van der Waals surface area contributed by atoms with E-state index in [-0.39, 0.29) is 12.5 Å². The van der Waals surface area contributed by atoms with Gasteiger partial charge in [-0.05, 0) is 12.2 Å². The topological polar surface area (TPSA) is 41.8 Å². The molecule has 0 aliphatic carbocycles. The molecule has 46 valence electrons. The highest BCUT2D eigenvalue weighted by molar-refractivity contribution is 5.94. The molecule has 0 fully saturated rings. The molecule has 1 aliphatic heterocycles. The van der Waals surface area contributed by atoms with Crippen molar-refractivity contribution in [3.63, 3.8) is 0 Å². The molecule has 1 heterocycles. The number of amides is 1. The molecule has 0 aromatic rings. The van der Waals surface area contributed by atoms with Gasteiger partial charge < -0.3 is 0 Å². The second-order valence-electron chi connectivity index (χ2n) is 1.55. The van der Waals surface area contributed by atoms with E-state index in [4.69, 9.17) is 0 Å². The van der Waals surface area contributed by atoms with Crippen LogP contribution in [-0.4, -0.2) is 24.9 Å². The summed E-state index contributed by atoms with van der Waals surface area (Å²) in [7, 11) is 0. The van der Waals surface area contributed by atoms with Crippen molar-refractivity contribution in [1.29, 1.82) is 0 Å². The van der Waals surface area contributed by atoms with Crippen molar-refractivity contribution in [3.05, 3.63) is 12.2 Å². The Balaban J connectivity index is 2.70. The minimum atomic E-state index is -0.199. The van der Waals surface area contributed by atoms with Crippen molar-refractivity contribution in [2.24, 2.45) is 9.98 Å². The van der Waals surface area contributed by atoms with Gasteiger partial charge in [-0.1, -0.05) is 0 Å². The van der Waals surface area contributed by atoms with E-state index >= 15 is 0 Å². The number of allylic oxidation sites excluding steroid dienone is 2. The highest BCUT2D eigenvalue weighted by Crippen LogP contribution is 1.80. The van der Waals surface area contributed by atoms with Crippen LogP contribution in [0.25, 0.3) is 0 Å². The van der Waals surface area contributed by atoms with Gasteiger partial charge in [0.15, 0.2) is 0 Å². The molecule has 1 rings (SSSR count). The summed E-state index contributed by atoms with van der Waals surface area (Å²) in [5.74, 6) is -0.199. The van der Waals surface area contributed by atoms with Crippen LogP contribution >= 0.6 is 0 Å². The Morgan fingerprint density at radius 1 is 1.33 bits per heavy atom. The van der Waals surface area contributed by atoms with Crippen molar-refractivity contribution in [2.45, 2.75) is 0 Å². The Labute approximate surface area is 52.8 Å². The van der Waals surface area contributed by atoms with Crippen LogP contribution < -0.4 is 0 Å². The minimum Gasteiger partial charge on any atom is -0.283 e. The van der Waals surface area contributed by atoms with E-state index in [2.05, 4.69) is 9.98 Å². The summed E-state index contributed by atoms with van der Waals surface area (Å²) in [4.78, 5) is 17.7. The highest BCUT2D eigenvalue weighted by Gasteiger charge is 1.92. The monoisotopic (exact) mass is 122 g/mol. The molecule has 0 aromatic heterocycles. The lowest BCUT2D eigenvalue weighted by Crippen LogP contribution is -1.99. The Hall–Kier alpha value is -1.25. The largest absolute Gasteiger partial charge is 0.283 e. The number of carbonyl (C=O) groups excluding carboxylic acids is 1. The van der Waals surface area contributed by atoms with Gasteiger partial charge >= 0.3 is 0 Å². The van der Waals surface area contributed by atoms with Crippen LogP contribution in [0.1, 0.15) is 0 Å². The van der Waals surface area contributed by atoms with E-state index in [1.54, 1.807) is 18.4 Å². The number of hydrogen-bond donors (Lipinski definition) is 0. The molecule has 0 saturated carbocycles. The maximum Gasteiger partial charge on any atom is 0.267 e. The second kappa shape index (κ2) is 2.91. The zero-order chi connectivity index (χ0) is 6.53. The third-order valence-electron chi connectivity index (χ3n) is 0.834. The van der Waals surface area contributed by atoms with Crippen LogP contribution in [0.2, 0.25) is 0 Å². The van der Waals surface area contributed by atoms with Crippen LogP contribution in [-0.2, 0) is 4.79 Å². The first-order valence-electron chi connectivity index (χ1n) is 2.61. The van der Waals surface area contributed by atoms with Crippen LogP contribution in [0.3, 0.4) is 0 Å². The number of hydrogen-bond acceptors (Lipinski definition) is 2. The molecule has 0 N–H and O–H groups in total. The van der Waals surface area contributed by atoms with Gasteiger partial charge in [-0.2, -0.15) is 0 Å². The van der Waals surface area contributed by atoms with Crippen molar-refractivity contribution in [3.8, 4) is 0 Å². The van der Waals surface area contributed by atoms with Crippen molar-refractivity contribution < 1.29 is 4.79 Å². The van der Waals surface area contributed by atoms with Crippen molar-refractivity contribution in [2.75, 3.05) is 6.54 Å². The van der Waals surface area contributed by atoms with Crippen molar-refractivity contribution in [1.82, 2.24) is 0 Å². The SMILES string of the molecule is O=C1CN=CC=CC=N1. The number of aliphatic imine (C=N–C) groups is 2. The molecule has 0 spiro atoms. The first-order valence-corrected chi connectivity index (χ1v) is 2.61. The predicted molar refractivity (Wildman–Crippen MR) is 36.0 cm³/mol. The number of rotatable bonds is 0. The summed E-state index contributed by atoms with van der Waals surface area (Å²) >= 11 is 0. The predicted octanol–water partition coefficient (Wildman–Crippen LogP) is 0.224. The standard InChI is InChI=1S/C6H6N2O/c9-6-5-7-3-1-2-4-8-6/h1-4H,5H2. The van der Waals surface area contributed by atoms with E-state index in [9.17, 15) is 4.79 Å². The Morgan fingerprint density at radius 2 is 2.11 bits per heavy atom. The Bertz CT molecular complexity index is 191. The van der Waals surface area contributed by atoms with Gasteiger partial charge in [0.05, 0.1) is 0 Å². The fourth-order valence-electron chi connectivity index (χ4n) is 0.458. The first kappa shape index (κ1) is 5.88. The summed E-state index contributed by atoms with van der Waals surface area (Å²) in [5.41, 5.74) is 0. The average molecular weight is 122 g/mol. The molecule has 3 nitrogen and oxygen atoms in total. The smallest absolute Gasteiger partial charge is 0.267 e. The zero-order valence-corrected chi connectivity index (χ0v) is 4.82. The molecular weight excluding hydrogens is 116 g/mol. The van der Waals surface area contributed by atoms with Gasteiger partial charge in [0.1, 0.15) is 6.54 Å². The fraction of sp³-hybridized carbons (Fsp3) is 0.167. The summed E-state index contributed by atoms with van der Waals surface area (Å²) in [6.45, 7) is 0.167. The van der Waals surface area contributed by atoms with Gasteiger partial charge in [0, 0.05) is 12.4 Å². The maximum atomic E-state index is 10.5. The first-order chi connectivity index (χ1) is 4.39. The molecule has 0 atom stereocenters. The number of nitrogens with zero attached hydrogens (tertiary/aromatic N) is 2. The van der Waals surface area contributed by atoms with E-state index in [1.165, 1.54) is 6.21 Å². The van der Waals surface area contributed by atoms with Gasteiger partial charge in [0.2, 0.25) is 0 Å². The minimum absolute atomic E-state index is 0.167. The van der Waals surface area contributed by atoms with Crippen LogP contribution in [0.5, 0.6) is 0 Å². The van der Waals surface area contributed by atoms with E-state index in [0.29, 0.717) is 0 Å². The lowest BCUT2D eigenvalue weighted by molar-refractivity contribution is -0.116. The molecule has 0 radical (unpaired) electrons. The lowest BCUT2D eigenvalue weighted by atomic mass is 10.5. The van der Waals surface area contributed by atoms with Gasteiger partial charge in [0.25, 0.3) is 5.91 Å². The maximum absolute atomic E-state index is 10.5. The van der Waals surface area contributed by atoms with Gasteiger partial charge in [-0.25, -0.2) is 4.99 Å². The molecule has 1 aliphatic rings. The van der Waals surface area contributed by atoms with Gasteiger partial charge in [-0.3, -0.25) is 9.79 Å². The van der Waals surface area contributed by atoms with E-state index < -0.39 is 0 Å². The molecule has 0 unspecified atom stereocenters. The van der Waals surface area contributed by atoms with E-state index in [0.717, 1.165) is 0 Å². The molecule has 0 aromatic carbocycles. The summed E-state index contributed by atoms with van der Waals surface area (Å²) in [6, 6.07) is 0. The molecule has 3 heteroatoms. The molecule has 1 amide bonds. The van der Waals surface area contributed by atoms with Crippen LogP contribution in [0.15, 0.2) is 22.1 Å². The molecule has 0 bridgehead atoms. The lowest BCUT2D eigenvalue weighted by Gasteiger charge is -1.86. The zero-order valence-electron chi connectivity index (χ0n) is 4.82. The summed E-state index contributed by atoms with van der Waals surface area (Å²) in [6.07, 6.45) is 6.45. The highest BCUT2D eigenvalue weighted by atomic mass is 16.1. The normalized spacial score (nSPS) is 17.6. The second-order valence-corrected chi connectivity index (χ2v) is 1.55. The van der Waals surface area contributed by atoms with Crippen LogP contribution in [0, 0.1) is 0 Å². The average Bonchev–Trinajstić information content (AvgIpc) is 1.79. The fourth-order valence-corrected chi connectivity index (χ4v) is 0.458. The Kier molecular flexibility index (Phi) is 1.90. The van der Waals surface area contributed by atoms with Crippen LogP contribution in [0.4, 0.5) is 0 Å². The molecule has 9 heavy (non-hydrogen) atoms. The third-order valence-corrected chi connectivity index (χ3v) is 0.834. The summed E-state index contributed by atoms with van der Waals surface area (Å²) in [5, 5.41) is 0. The Morgan fingerprint density at radius 3 is 3.00 bits per heavy atom. The van der Waals surface area contributed by atoms with E-state index in [1.807, 2.05) is 0 Å². The van der Waals surface area contributed by atoms with Gasteiger partial charge in [-0.15, -0.1) is 0 Å². The number of carbonyl (C=O) groups is 1. The molecular formula is C6H6N2O. The molecule has 0 saturated heterocycles.